The van der Waals surface area contributed by atoms with Crippen LogP contribution in [0.2, 0.25) is 0 Å². The zero-order valence-electron chi connectivity index (χ0n) is 19.0. The van der Waals surface area contributed by atoms with E-state index >= 15 is 0 Å². The fourth-order valence-corrected chi connectivity index (χ4v) is 4.30. The van der Waals surface area contributed by atoms with Crippen molar-refractivity contribution in [3.05, 3.63) is 29.8 Å². The van der Waals surface area contributed by atoms with Gasteiger partial charge in [0.15, 0.2) is 0 Å². The Morgan fingerprint density at radius 1 is 0.690 bits per heavy atom. The van der Waals surface area contributed by atoms with Crippen LogP contribution < -0.4 is 4.52 Å². The van der Waals surface area contributed by atoms with Crippen molar-refractivity contribution in [1.82, 2.24) is 0 Å². The van der Waals surface area contributed by atoms with Gasteiger partial charge in [0.2, 0.25) is 0 Å². The average molecular weight is 425 g/mol. The van der Waals surface area contributed by atoms with Crippen LogP contribution in [0.25, 0.3) is 0 Å². The highest BCUT2D eigenvalue weighted by molar-refractivity contribution is 7.52. The van der Waals surface area contributed by atoms with Crippen LogP contribution in [0.3, 0.4) is 0 Å². The molecule has 4 heteroatoms. The van der Waals surface area contributed by atoms with Gasteiger partial charge in [-0.1, -0.05) is 115 Å². The Morgan fingerprint density at radius 3 is 1.45 bits per heavy atom. The first-order chi connectivity index (χ1) is 14.0. The predicted molar refractivity (Wildman–Crippen MR) is 126 cm³/mol. The second-order valence-electron chi connectivity index (χ2n) is 8.59. The third-order valence-electron chi connectivity index (χ3n) is 5.52. The lowest BCUT2D eigenvalue weighted by Gasteiger charge is -2.09. The predicted octanol–water partition coefficient (Wildman–Crippen LogP) is 8.68. The summed E-state index contributed by atoms with van der Waals surface area (Å²) in [6.45, 7) is 3.49. The molecule has 3 nitrogen and oxygen atoms in total. The Hall–Kier alpha value is -0.790. The Balaban J connectivity index is 1.86. The summed E-state index contributed by atoms with van der Waals surface area (Å²) in [5, 5.41) is 0. The van der Waals surface area contributed by atoms with Crippen LogP contribution in [0, 0.1) is 0 Å². The summed E-state index contributed by atoms with van der Waals surface area (Å²) in [4.78, 5) is 9.23. The maximum atomic E-state index is 11.2. The number of unbranched alkanes of at least 4 members (excludes halogenated alkanes) is 15. The topological polar surface area (TPSA) is 46.5 Å². The number of hydrogen-bond donors (Lipinski definition) is 1. The van der Waals surface area contributed by atoms with Crippen LogP contribution in [0.5, 0.6) is 5.75 Å². The highest BCUT2D eigenvalue weighted by Gasteiger charge is 2.11. The lowest BCUT2D eigenvalue weighted by Crippen LogP contribution is -1.91. The molecule has 1 aromatic carbocycles. The average Bonchev–Trinajstić information content (AvgIpc) is 2.68. The highest BCUT2D eigenvalue weighted by Crippen LogP contribution is 2.38. The highest BCUT2D eigenvalue weighted by atomic mass is 31.2. The third-order valence-corrected chi connectivity index (χ3v) is 6.07. The van der Waals surface area contributed by atoms with Gasteiger partial charge in [-0.25, -0.2) is 4.57 Å². The van der Waals surface area contributed by atoms with Gasteiger partial charge in [-0.3, -0.25) is 0 Å². The van der Waals surface area contributed by atoms with Gasteiger partial charge in [-0.15, -0.1) is 0 Å². The molecule has 29 heavy (non-hydrogen) atoms. The van der Waals surface area contributed by atoms with Crippen molar-refractivity contribution in [1.29, 1.82) is 0 Å². The van der Waals surface area contributed by atoms with Gasteiger partial charge >= 0.3 is 7.60 Å². The molecule has 0 aromatic heterocycles. The molecule has 0 radical (unpaired) electrons. The largest absolute Gasteiger partial charge is 0.425 e. The van der Waals surface area contributed by atoms with Crippen molar-refractivity contribution in [3.63, 3.8) is 0 Å². The summed E-state index contributed by atoms with van der Waals surface area (Å²) in [6.07, 6.45) is 23.3. The number of rotatable bonds is 19. The van der Waals surface area contributed by atoms with E-state index in [-0.39, 0.29) is 0 Å². The van der Waals surface area contributed by atoms with Crippen molar-refractivity contribution in [2.75, 3.05) is 6.66 Å². The van der Waals surface area contributed by atoms with E-state index in [1.807, 2.05) is 12.1 Å². The van der Waals surface area contributed by atoms with Crippen LogP contribution in [0.1, 0.15) is 115 Å². The molecule has 0 amide bonds. The molecule has 1 atom stereocenters. The van der Waals surface area contributed by atoms with Crippen molar-refractivity contribution < 1.29 is 14.0 Å². The Morgan fingerprint density at radius 2 is 1.07 bits per heavy atom. The van der Waals surface area contributed by atoms with Crippen LogP contribution >= 0.6 is 7.60 Å². The molecule has 0 aliphatic heterocycles. The molecule has 0 aliphatic carbocycles. The van der Waals surface area contributed by atoms with E-state index in [9.17, 15) is 9.46 Å². The second-order valence-corrected chi connectivity index (χ2v) is 10.4. The first-order valence-electron chi connectivity index (χ1n) is 12.1. The normalized spacial score (nSPS) is 13.3. The van der Waals surface area contributed by atoms with Crippen molar-refractivity contribution in [2.45, 2.75) is 116 Å². The molecule has 0 spiro atoms. The van der Waals surface area contributed by atoms with Crippen LogP contribution in [0.4, 0.5) is 0 Å². The lowest BCUT2D eigenvalue weighted by molar-refractivity contribution is 0.387. The standard InChI is InChI=1S/C25H45O3P/c1-3-4-5-6-7-8-9-10-11-12-13-14-15-16-17-18-19-24-20-22-25(23-21-24)28-29(2,26)27/h20-23H,3-19H2,1-2H3,(H,26,27). The zero-order valence-corrected chi connectivity index (χ0v) is 19.9. The van der Waals surface area contributed by atoms with Gasteiger partial charge in [0.1, 0.15) is 5.75 Å². The van der Waals surface area contributed by atoms with Crippen molar-refractivity contribution in [3.8, 4) is 5.75 Å². The minimum Gasteiger partial charge on any atom is -0.425 e. The summed E-state index contributed by atoms with van der Waals surface area (Å²) < 4.78 is 16.2. The maximum Gasteiger partial charge on any atom is 0.373 e. The van der Waals surface area contributed by atoms with E-state index in [0.717, 1.165) is 6.42 Å². The van der Waals surface area contributed by atoms with Gasteiger partial charge in [-0.2, -0.15) is 0 Å². The van der Waals surface area contributed by atoms with Gasteiger partial charge in [0.25, 0.3) is 0 Å². The molecule has 0 heterocycles. The number of hydrogen-bond acceptors (Lipinski definition) is 2. The molecule has 168 valence electrons. The molecular formula is C25H45O3P. The minimum absolute atomic E-state index is 0.467. The molecular weight excluding hydrogens is 379 g/mol. The minimum atomic E-state index is -3.46. The molecule has 0 saturated carbocycles. The number of benzene rings is 1. The number of aryl methyl sites for hydroxylation is 1. The van der Waals surface area contributed by atoms with E-state index in [2.05, 4.69) is 6.92 Å². The monoisotopic (exact) mass is 424 g/mol. The quantitative estimate of drug-likeness (QED) is 0.178. The summed E-state index contributed by atoms with van der Waals surface area (Å²) in [5.41, 5.74) is 1.27. The Labute approximate surface area is 180 Å². The van der Waals surface area contributed by atoms with Crippen molar-refractivity contribution >= 4 is 7.60 Å². The summed E-state index contributed by atoms with van der Waals surface area (Å²) in [6, 6.07) is 7.56. The lowest BCUT2D eigenvalue weighted by atomic mass is 10.0. The molecule has 1 unspecified atom stereocenters. The summed E-state index contributed by atoms with van der Waals surface area (Å²) >= 11 is 0. The van der Waals surface area contributed by atoms with Crippen LogP contribution in [0.15, 0.2) is 24.3 Å². The van der Waals surface area contributed by atoms with Crippen molar-refractivity contribution in [2.24, 2.45) is 0 Å². The molecule has 0 bridgehead atoms. The van der Waals surface area contributed by atoms with Gasteiger partial charge in [0, 0.05) is 6.66 Å². The summed E-state index contributed by atoms with van der Waals surface area (Å²) in [7, 11) is -3.46. The van der Waals surface area contributed by atoms with E-state index in [1.165, 1.54) is 115 Å². The molecule has 0 aliphatic rings. The van der Waals surface area contributed by atoms with E-state index < -0.39 is 7.60 Å². The maximum absolute atomic E-state index is 11.2. The fourth-order valence-electron chi connectivity index (χ4n) is 3.79. The molecule has 1 rings (SSSR count). The van der Waals surface area contributed by atoms with E-state index in [4.69, 9.17) is 4.52 Å². The van der Waals surface area contributed by atoms with Gasteiger partial charge in [-0.05, 0) is 30.5 Å². The molecule has 0 fully saturated rings. The van der Waals surface area contributed by atoms with Gasteiger partial charge < -0.3 is 9.42 Å². The third kappa shape index (κ3) is 16.7. The smallest absolute Gasteiger partial charge is 0.373 e. The Bertz CT molecular complexity index is 536. The molecule has 0 saturated heterocycles. The van der Waals surface area contributed by atoms with E-state index in [0.29, 0.717) is 5.75 Å². The Kier molecular flexibility index (Phi) is 15.3. The van der Waals surface area contributed by atoms with Gasteiger partial charge in [0.05, 0.1) is 0 Å². The second kappa shape index (κ2) is 16.9. The van der Waals surface area contributed by atoms with Crippen LogP contribution in [-0.4, -0.2) is 11.6 Å². The first kappa shape index (κ1) is 26.2. The molecule has 1 aromatic rings. The van der Waals surface area contributed by atoms with E-state index in [1.54, 1.807) is 12.1 Å². The SMILES string of the molecule is CCCCCCCCCCCCCCCCCCc1ccc(OP(C)(=O)O)cc1. The fraction of sp³-hybridized carbons (Fsp3) is 0.760. The zero-order chi connectivity index (χ0) is 21.2. The first-order valence-corrected chi connectivity index (χ1v) is 14.1. The molecule has 1 N–H and O–H groups in total. The van der Waals surface area contributed by atoms with Crippen LogP contribution in [-0.2, 0) is 11.0 Å². The summed E-state index contributed by atoms with van der Waals surface area (Å²) in [5.74, 6) is 0.467.